The maximum atomic E-state index is 15.8. The summed E-state index contributed by atoms with van der Waals surface area (Å²) in [5.74, 6) is -1.43. The van der Waals surface area contributed by atoms with Gasteiger partial charge < -0.3 is 37.3 Å². The number of anilines is 1. The van der Waals surface area contributed by atoms with Crippen molar-refractivity contribution < 1.29 is 28.6 Å². The number of piperidine rings is 1. The smallest absolute Gasteiger partial charge is 0.262 e. The number of likely N-dealkylation sites (tertiary alicyclic amines) is 1. The molecule has 3 aromatic carbocycles. The molecule has 3 atom stereocenters. The molecule has 2 amide bonds. The topological polar surface area (TPSA) is 174 Å². The van der Waals surface area contributed by atoms with E-state index < -0.39 is 29.1 Å². The number of rotatable bonds is 7. The van der Waals surface area contributed by atoms with E-state index in [1.165, 1.54) is 13.0 Å². The minimum Gasteiger partial charge on any atom is -0.454 e. The number of amides is 2. The second-order valence-corrected chi connectivity index (χ2v) is 12.5. The first kappa shape index (κ1) is 30.7. The molecule has 2 heterocycles. The number of halogens is 1. The Morgan fingerprint density at radius 2 is 1.89 bits per heavy atom. The highest BCUT2D eigenvalue weighted by Crippen LogP contribution is 2.50. The minimum atomic E-state index is -1.83. The Kier molecular flexibility index (Phi) is 8.08. The third kappa shape index (κ3) is 5.13. The predicted molar refractivity (Wildman–Crippen MR) is 170 cm³/mol. The van der Waals surface area contributed by atoms with Gasteiger partial charge in [0.25, 0.3) is 5.91 Å². The molecule has 1 aromatic heterocycles. The number of nitrogens with zero attached hydrogens (tertiary/aromatic N) is 1. The number of para-hydroxylation sites is 1. The van der Waals surface area contributed by atoms with Gasteiger partial charge in [-0.1, -0.05) is 30.3 Å². The number of ketones is 1. The highest BCUT2D eigenvalue weighted by atomic mass is 32.1. The van der Waals surface area contributed by atoms with E-state index in [0.717, 1.165) is 11.3 Å². The van der Waals surface area contributed by atoms with E-state index in [0.29, 0.717) is 58.6 Å². The van der Waals surface area contributed by atoms with Crippen LogP contribution in [0.2, 0.25) is 0 Å². The number of aliphatic hydroxyl groups excluding tert-OH is 1. The average Bonchev–Trinajstić information content (AvgIpc) is 3.45. The number of nitrogens with one attached hydrogen (secondary N) is 1. The fraction of sp³-hybridized carbons (Fsp3) is 0.303. The van der Waals surface area contributed by atoms with Gasteiger partial charge in [0.15, 0.2) is 17.3 Å². The van der Waals surface area contributed by atoms with Gasteiger partial charge in [0.1, 0.15) is 11.3 Å². The highest BCUT2D eigenvalue weighted by molar-refractivity contribution is 7.21. The van der Waals surface area contributed by atoms with Crippen molar-refractivity contribution in [2.75, 3.05) is 25.4 Å². The molecule has 0 radical (unpaired) electrons. The Labute approximate surface area is 262 Å². The number of nitrogen functional groups attached to an aromatic ring is 1. The maximum Gasteiger partial charge on any atom is 0.262 e. The van der Waals surface area contributed by atoms with Gasteiger partial charge in [-0.25, -0.2) is 4.39 Å². The van der Waals surface area contributed by atoms with Crippen molar-refractivity contribution in [2.24, 2.45) is 11.5 Å². The number of carbonyl (C=O) groups is 3. The van der Waals surface area contributed by atoms with Crippen molar-refractivity contribution in [1.29, 1.82) is 0 Å². The number of Topliss-reactive ketones (excluding diaryl/α,β-unsaturated/α-hetero) is 1. The van der Waals surface area contributed by atoms with Crippen LogP contribution < -0.4 is 27.3 Å². The third-order valence-corrected chi connectivity index (χ3v) is 9.95. The number of nitrogens with two attached hydrogens (primary N) is 3. The SMILES string of the molecule is Cc1c(C2(N)C(=O)C(N)c3c(C(=O)NC4CCCN(C(=O)CCO)C4)sc4c(N)ccc2c34)ccc(Oc2ccccc2)c1F. The van der Waals surface area contributed by atoms with Gasteiger partial charge in [-0.15, -0.1) is 11.3 Å². The molecule has 6 rings (SSSR count). The van der Waals surface area contributed by atoms with Crippen LogP contribution in [-0.2, 0) is 15.1 Å². The lowest BCUT2D eigenvalue weighted by Gasteiger charge is -2.37. The van der Waals surface area contributed by atoms with Crippen LogP contribution in [0.5, 0.6) is 11.5 Å². The zero-order valence-corrected chi connectivity index (χ0v) is 25.5. The second kappa shape index (κ2) is 11.9. The van der Waals surface area contributed by atoms with Gasteiger partial charge in [-0.3, -0.25) is 14.4 Å². The molecule has 4 aromatic rings. The molecule has 1 aliphatic heterocycles. The molecule has 1 fully saturated rings. The van der Waals surface area contributed by atoms with Crippen LogP contribution in [0.3, 0.4) is 0 Å². The molecule has 0 spiro atoms. The largest absolute Gasteiger partial charge is 0.454 e. The monoisotopic (exact) mass is 631 g/mol. The van der Waals surface area contributed by atoms with Gasteiger partial charge in [-0.05, 0) is 60.7 Å². The number of hydrogen-bond acceptors (Lipinski definition) is 9. The van der Waals surface area contributed by atoms with Crippen LogP contribution in [0.15, 0.2) is 54.6 Å². The Hall–Kier alpha value is -4.36. The first-order valence-electron chi connectivity index (χ1n) is 14.7. The summed E-state index contributed by atoms with van der Waals surface area (Å²) in [5, 5.41) is 12.7. The molecule has 2 aliphatic rings. The number of hydrogen-bond donors (Lipinski definition) is 5. The first-order valence-corrected chi connectivity index (χ1v) is 15.5. The quantitative estimate of drug-likeness (QED) is 0.192. The van der Waals surface area contributed by atoms with Crippen molar-refractivity contribution in [3.05, 3.63) is 87.5 Å². The normalized spacial score (nSPS) is 21.2. The Bertz CT molecular complexity index is 1830. The lowest BCUT2D eigenvalue weighted by Crippen LogP contribution is -2.53. The van der Waals surface area contributed by atoms with Crippen molar-refractivity contribution in [1.82, 2.24) is 10.2 Å². The second-order valence-electron chi connectivity index (χ2n) is 11.5. The summed E-state index contributed by atoms with van der Waals surface area (Å²) in [4.78, 5) is 42.1. The number of thiophene rings is 1. The van der Waals surface area contributed by atoms with E-state index in [-0.39, 0.29) is 46.7 Å². The van der Waals surface area contributed by atoms with Gasteiger partial charge in [0.2, 0.25) is 5.91 Å². The van der Waals surface area contributed by atoms with Gasteiger partial charge in [0.05, 0.1) is 22.2 Å². The molecule has 0 bridgehead atoms. The molecule has 45 heavy (non-hydrogen) atoms. The fourth-order valence-corrected chi connectivity index (χ4v) is 7.64. The molecule has 10 nitrogen and oxygen atoms in total. The molecular weight excluding hydrogens is 597 g/mol. The highest BCUT2D eigenvalue weighted by Gasteiger charge is 2.50. The zero-order chi connectivity index (χ0) is 32.0. The fourth-order valence-electron chi connectivity index (χ4n) is 6.44. The van der Waals surface area contributed by atoms with Gasteiger partial charge in [0, 0.05) is 42.2 Å². The molecule has 3 unspecified atom stereocenters. The summed E-state index contributed by atoms with van der Waals surface area (Å²) in [5.41, 5.74) is 19.6. The molecule has 8 N–H and O–H groups in total. The van der Waals surface area contributed by atoms with Crippen molar-refractivity contribution >= 4 is 44.7 Å². The zero-order valence-electron chi connectivity index (χ0n) is 24.6. The lowest BCUT2D eigenvalue weighted by molar-refractivity contribution is -0.133. The lowest BCUT2D eigenvalue weighted by atomic mass is 9.69. The first-order chi connectivity index (χ1) is 21.6. The minimum absolute atomic E-state index is 0.0180. The van der Waals surface area contributed by atoms with E-state index in [9.17, 15) is 14.4 Å². The van der Waals surface area contributed by atoms with Crippen LogP contribution in [-0.4, -0.2) is 53.3 Å². The number of aliphatic hydroxyl groups is 1. The van der Waals surface area contributed by atoms with Crippen LogP contribution in [0, 0.1) is 12.7 Å². The average molecular weight is 632 g/mol. The molecule has 1 saturated heterocycles. The summed E-state index contributed by atoms with van der Waals surface area (Å²) in [7, 11) is 0. The summed E-state index contributed by atoms with van der Waals surface area (Å²) >= 11 is 1.12. The maximum absolute atomic E-state index is 15.8. The number of carbonyl (C=O) groups excluding carboxylic acids is 3. The predicted octanol–water partition coefficient (Wildman–Crippen LogP) is 3.61. The summed E-state index contributed by atoms with van der Waals surface area (Å²) in [6.45, 7) is 2.15. The number of benzene rings is 3. The molecular formula is C33H34FN5O5S. The summed E-state index contributed by atoms with van der Waals surface area (Å²) in [6.07, 6.45) is 1.37. The van der Waals surface area contributed by atoms with Crippen molar-refractivity contribution in [2.45, 2.75) is 43.8 Å². The van der Waals surface area contributed by atoms with Gasteiger partial charge >= 0.3 is 0 Å². The summed E-state index contributed by atoms with van der Waals surface area (Å²) < 4.78 is 22.1. The van der Waals surface area contributed by atoms with Gasteiger partial charge in [-0.2, -0.15) is 0 Å². The molecule has 1 aliphatic carbocycles. The van der Waals surface area contributed by atoms with E-state index in [4.69, 9.17) is 27.0 Å². The van der Waals surface area contributed by atoms with Crippen LogP contribution in [0.25, 0.3) is 10.1 Å². The Morgan fingerprint density at radius 1 is 1.16 bits per heavy atom. The molecule has 234 valence electrons. The molecule has 12 heteroatoms. The van der Waals surface area contributed by atoms with E-state index in [1.54, 1.807) is 47.4 Å². The van der Waals surface area contributed by atoms with Crippen LogP contribution in [0.1, 0.15) is 57.2 Å². The van der Waals surface area contributed by atoms with Crippen molar-refractivity contribution in [3.63, 3.8) is 0 Å². The van der Waals surface area contributed by atoms with E-state index in [1.807, 2.05) is 6.07 Å². The van der Waals surface area contributed by atoms with E-state index >= 15 is 4.39 Å². The van der Waals surface area contributed by atoms with Crippen molar-refractivity contribution in [3.8, 4) is 11.5 Å². The van der Waals surface area contributed by atoms with Crippen LogP contribution in [0.4, 0.5) is 10.1 Å². The Morgan fingerprint density at radius 3 is 2.62 bits per heavy atom. The third-order valence-electron chi connectivity index (χ3n) is 8.70. The summed E-state index contributed by atoms with van der Waals surface area (Å²) in [6, 6.07) is 13.4. The Balaban J connectivity index is 1.39. The van der Waals surface area contributed by atoms with E-state index in [2.05, 4.69) is 5.32 Å². The number of ether oxygens (including phenoxy) is 1. The molecule has 0 saturated carbocycles. The standard InChI is InChI=1S/C33H34FN5O5S/c1-17-20(10-12-23(27(17)34)44-19-7-3-2-4-8-19)33(37)21-9-11-22(35)29-25(21)26(28(36)31(33)42)30(45-29)32(43)38-18-6-5-14-39(16-18)24(41)13-15-40/h2-4,7-12,18,28,40H,5-6,13-16,35-37H2,1H3,(H,38,43). The van der Waals surface area contributed by atoms with Crippen LogP contribution >= 0.6 is 11.3 Å².